The number of rotatable bonds is 7. The van der Waals surface area contributed by atoms with E-state index in [-0.39, 0.29) is 18.3 Å². The molecule has 0 aromatic heterocycles. The van der Waals surface area contributed by atoms with Crippen LogP contribution in [0.5, 0.6) is 0 Å². The molecule has 1 rings (SSSR count). The van der Waals surface area contributed by atoms with Gasteiger partial charge >= 0.3 is 0 Å². The fourth-order valence-electron chi connectivity index (χ4n) is 1.80. The molecule has 6 heteroatoms. The van der Waals surface area contributed by atoms with Crippen molar-refractivity contribution in [3.8, 4) is 0 Å². The minimum atomic E-state index is -0.484. The van der Waals surface area contributed by atoms with Gasteiger partial charge in [0.15, 0.2) is 0 Å². The van der Waals surface area contributed by atoms with Gasteiger partial charge in [0.25, 0.3) is 0 Å². The third-order valence-electron chi connectivity index (χ3n) is 2.55. The molecular weight excluding hydrogens is 211 g/mol. The zero-order chi connectivity index (χ0) is 12.0. The zero-order valence-electron chi connectivity index (χ0n) is 10.0. The van der Waals surface area contributed by atoms with Gasteiger partial charge in [-0.1, -0.05) is 0 Å². The smallest absolute Gasteiger partial charge is 0.113 e. The highest BCUT2D eigenvalue weighted by Gasteiger charge is 2.42. The fourth-order valence-corrected chi connectivity index (χ4v) is 1.80. The van der Waals surface area contributed by atoms with E-state index in [1.807, 2.05) is 0 Å². The van der Waals surface area contributed by atoms with E-state index in [0.29, 0.717) is 19.8 Å². The molecule has 1 aliphatic rings. The first-order chi connectivity index (χ1) is 7.74. The molecule has 0 amide bonds. The van der Waals surface area contributed by atoms with Crippen LogP contribution in [0.3, 0.4) is 0 Å². The normalized spacial score (nSPS) is 34.4. The highest BCUT2D eigenvalue weighted by atomic mass is 16.6. The van der Waals surface area contributed by atoms with Crippen LogP contribution in [0.4, 0.5) is 0 Å². The van der Waals surface area contributed by atoms with Crippen molar-refractivity contribution in [2.45, 2.75) is 24.3 Å². The number of hydrogen-bond acceptors (Lipinski definition) is 5. The highest BCUT2D eigenvalue weighted by molar-refractivity contribution is 6.11. The first-order valence-corrected chi connectivity index (χ1v) is 5.28. The Hall–Kier alpha value is -0.135. The lowest BCUT2D eigenvalue weighted by atomic mass is 9.93. The van der Waals surface area contributed by atoms with E-state index >= 15 is 0 Å². The van der Waals surface area contributed by atoms with Gasteiger partial charge in [-0.15, -0.1) is 0 Å². The van der Waals surface area contributed by atoms with Crippen LogP contribution in [0, 0.1) is 0 Å². The summed E-state index contributed by atoms with van der Waals surface area (Å²) in [5, 5.41) is 0. The molecule has 4 atom stereocenters. The molecule has 0 saturated carbocycles. The van der Waals surface area contributed by atoms with Gasteiger partial charge in [0.05, 0.1) is 19.8 Å². The van der Waals surface area contributed by atoms with E-state index in [2.05, 4.69) is 0 Å². The molecule has 16 heavy (non-hydrogen) atoms. The van der Waals surface area contributed by atoms with E-state index in [0.717, 1.165) is 0 Å². The van der Waals surface area contributed by atoms with Crippen LogP contribution in [-0.2, 0) is 23.7 Å². The second-order valence-electron chi connectivity index (χ2n) is 3.62. The lowest BCUT2D eigenvalue weighted by Gasteiger charge is -2.22. The van der Waals surface area contributed by atoms with E-state index in [1.54, 1.807) is 21.3 Å². The van der Waals surface area contributed by atoms with E-state index < -0.39 is 6.00 Å². The molecule has 92 valence electrons. The van der Waals surface area contributed by atoms with Crippen molar-refractivity contribution in [1.82, 2.24) is 0 Å². The van der Waals surface area contributed by atoms with Gasteiger partial charge in [-0.2, -0.15) is 0 Å². The Bertz CT molecular complexity index is 192. The number of methoxy groups -OCH3 is 3. The molecule has 1 saturated heterocycles. The van der Waals surface area contributed by atoms with Gasteiger partial charge in [0, 0.05) is 27.3 Å². The Morgan fingerprint density at radius 1 is 1.06 bits per heavy atom. The van der Waals surface area contributed by atoms with Crippen LogP contribution in [0.1, 0.15) is 0 Å². The van der Waals surface area contributed by atoms with Crippen molar-refractivity contribution < 1.29 is 23.7 Å². The average molecular weight is 230 g/mol. The van der Waals surface area contributed by atoms with Gasteiger partial charge in [-0.3, -0.25) is 0 Å². The molecule has 0 aliphatic carbocycles. The van der Waals surface area contributed by atoms with Crippen molar-refractivity contribution in [3.63, 3.8) is 0 Å². The number of ether oxygens (including phenoxy) is 5. The fraction of sp³-hybridized carbons (Fsp3) is 1.00. The van der Waals surface area contributed by atoms with Crippen molar-refractivity contribution in [3.05, 3.63) is 0 Å². The molecule has 0 bridgehead atoms. The largest absolute Gasteiger partial charge is 0.382 e. The zero-order valence-corrected chi connectivity index (χ0v) is 10.0. The lowest BCUT2D eigenvalue weighted by molar-refractivity contribution is -0.0629. The predicted molar refractivity (Wildman–Crippen MR) is 58.7 cm³/mol. The molecule has 0 aromatic carbocycles. The van der Waals surface area contributed by atoms with Crippen LogP contribution < -0.4 is 0 Å². The van der Waals surface area contributed by atoms with Crippen LogP contribution in [0.2, 0.25) is 0 Å². The summed E-state index contributed by atoms with van der Waals surface area (Å²) in [5.41, 5.74) is 0. The number of hydrogen-bond donors (Lipinski definition) is 0. The predicted octanol–water partition coefficient (Wildman–Crippen LogP) is -0.427. The first-order valence-electron chi connectivity index (χ1n) is 5.28. The maximum atomic E-state index is 5.82. The third-order valence-corrected chi connectivity index (χ3v) is 2.55. The standard InChI is InChI=1S/C10H19BO5/c1-12-4-5-15-9-8(14-3)7(6-13-2)16-10(9)11/h7-10H,4-6H2,1-3H3/t7?,8-,9-,10-/m1/s1. The van der Waals surface area contributed by atoms with Gasteiger partial charge in [0.2, 0.25) is 0 Å². The van der Waals surface area contributed by atoms with Crippen LogP contribution in [-0.4, -0.2) is 73.3 Å². The molecule has 0 N–H and O–H groups in total. The third kappa shape index (κ3) is 3.43. The SMILES string of the molecule is [B][C@@H]1OC(COC)[C@@H](OC)[C@H]1OCCOC. The van der Waals surface area contributed by atoms with Crippen molar-refractivity contribution in [2.75, 3.05) is 41.2 Å². The van der Waals surface area contributed by atoms with Crippen molar-refractivity contribution in [1.29, 1.82) is 0 Å². The summed E-state index contributed by atoms with van der Waals surface area (Å²) in [4.78, 5) is 0. The summed E-state index contributed by atoms with van der Waals surface area (Å²) < 4.78 is 26.4. The minimum Gasteiger partial charge on any atom is -0.382 e. The average Bonchev–Trinajstić information content (AvgIpc) is 2.56. The molecule has 0 spiro atoms. The lowest BCUT2D eigenvalue weighted by Crippen LogP contribution is -2.39. The molecule has 0 aromatic rings. The Balaban J connectivity index is 2.46. The summed E-state index contributed by atoms with van der Waals surface area (Å²) in [6.45, 7) is 1.43. The van der Waals surface area contributed by atoms with Gasteiger partial charge in [0.1, 0.15) is 26.2 Å². The van der Waals surface area contributed by atoms with Gasteiger partial charge in [-0.25, -0.2) is 0 Å². The second-order valence-corrected chi connectivity index (χ2v) is 3.62. The minimum absolute atomic E-state index is 0.183. The highest BCUT2D eigenvalue weighted by Crippen LogP contribution is 2.24. The molecule has 1 heterocycles. The maximum Gasteiger partial charge on any atom is 0.113 e. The topological polar surface area (TPSA) is 46.2 Å². The first kappa shape index (κ1) is 13.9. The summed E-state index contributed by atoms with van der Waals surface area (Å²) in [6.07, 6.45) is -0.662. The van der Waals surface area contributed by atoms with Gasteiger partial charge < -0.3 is 23.7 Å². The van der Waals surface area contributed by atoms with E-state index in [9.17, 15) is 0 Å². The molecule has 2 radical (unpaired) electrons. The summed E-state index contributed by atoms with van der Waals surface area (Å²) in [5.74, 6) is 0. The molecule has 1 fully saturated rings. The summed E-state index contributed by atoms with van der Waals surface area (Å²) in [6, 6.07) is -0.484. The van der Waals surface area contributed by atoms with E-state index in [4.69, 9.17) is 31.5 Å². The summed E-state index contributed by atoms with van der Waals surface area (Å²) >= 11 is 0. The molecule has 1 unspecified atom stereocenters. The van der Waals surface area contributed by atoms with Crippen molar-refractivity contribution in [2.24, 2.45) is 0 Å². The van der Waals surface area contributed by atoms with Crippen LogP contribution in [0.25, 0.3) is 0 Å². The monoisotopic (exact) mass is 230 g/mol. The van der Waals surface area contributed by atoms with E-state index in [1.165, 1.54) is 0 Å². The van der Waals surface area contributed by atoms with Gasteiger partial charge in [-0.05, 0) is 0 Å². The summed E-state index contributed by atoms with van der Waals surface area (Å²) in [7, 11) is 10.7. The van der Waals surface area contributed by atoms with Crippen LogP contribution in [0.15, 0.2) is 0 Å². The maximum absolute atomic E-state index is 5.82. The quantitative estimate of drug-likeness (QED) is 0.438. The van der Waals surface area contributed by atoms with Crippen molar-refractivity contribution >= 4 is 7.85 Å². The Kier molecular flexibility index (Phi) is 6.30. The molecule has 5 nitrogen and oxygen atoms in total. The molecule has 1 aliphatic heterocycles. The Morgan fingerprint density at radius 2 is 1.81 bits per heavy atom. The molecular formula is C10H19BO5. The Labute approximate surface area is 97.7 Å². The van der Waals surface area contributed by atoms with Crippen LogP contribution >= 0.6 is 0 Å². The second kappa shape index (κ2) is 7.24. The Morgan fingerprint density at radius 3 is 2.38 bits per heavy atom.